The van der Waals surface area contributed by atoms with Gasteiger partial charge >= 0.3 is 0 Å². The van der Waals surface area contributed by atoms with E-state index >= 15 is 0 Å². The molecular weight excluding hydrogens is 142 g/mol. The average molecular weight is 159 g/mol. The lowest BCUT2D eigenvalue weighted by Crippen LogP contribution is -2.35. The van der Waals surface area contributed by atoms with E-state index in [9.17, 15) is 0 Å². The third-order valence-corrected chi connectivity index (χ3v) is 2.41. The lowest BCUT2D eigenvalue weighted by Gasteiger charge is -2.17. The topological polar surface area (TPSA) is 52.5 Å². The Morgan fingerprint density at radius 1 is 1.27 bits per heavy atom. The summed E-state index contributed by atoms with van der Waals surface area (Å²) in [6, 6.07) is 0.437. The zero-order valence-electron chi connectivity index (χ0n) is 6.79. The molecule has 0 heterocycles. The molecule has 1 aliphatic rings. The SMILES string of the molecule is OCCN[C@@H]1CCC[C@@H]1CO. The molecule has 0 spiro atoms. The summed E-state index contributed by atoms with van der Waals surface area (Å²) < 4.78 is 0. The predicted molar refractivity (Wildman–Crippen MR) is 43.3 cm³/mol. The van der Waals surface area contributed by atoms with Gasteiger partial charge in [-0.1, -0.05) is 6.42 Å². The highest BCUT2D eigenvalue weighted by Gasteiger charge is 2.25. The van der Waals surface area contributed by atoms with Crippen LogP contribution in [0.4, 0.5) is 0 Å². The summed E-state index contributed by atoms with van der Waals surface area (Å²) in [6.07, 6.45) is 3.47. The smallest absolute Gasteiger partial charge is 0.0556 e. The lowest BCUT2D eigenvalue weighted by atomic mass is 10.1. The summed E-state index contributed by atoms with van der Waals surface area (Å²) in [7, 11) is 0. The molecule has 2 atom stereocenters. The molecule has 11 heavy (non-hydrogen) atoms. The third-order valence-electron chi connectivity index (χ3n) is 2.41. The maximum Gasteiger partial charge on any atom is 0.0556 e. The van der Waals surface area contributed by atoms with Gasteiger partial charge in [-0.2, -0.15) is 0 Å². The first-order valence-corrected chi connectivity index (χ1v) is 4.33. The Bertz CT molecular complexity index is 108. The minimum Gasteiger partial charge on any atom is -0.396 e. The summed E-state index contributed by atoms with van der Waals surface area (Å²) in [4.78, 5) is 0. The zero-order chi connectivity index (χ0) is 8.10. The molecule has 0 amide bonds. The van der Waals surface area contributed by atoms with Crippen molar-refractivity contribution in [3.63, 3.8) is 0 Å². The molecule has 0 aliphatic heterocycles. The molecular formula is C8H17NO2. The summed E-state index contributed by atoms with van der Waals surface area (Å²) in [5, 5.41) is 20.7. The largest absolute Gasteiger partial charge is 0.396 e. The van der Waals surface area contributed by atoms with E-state index in [1.54, 1.807) is 0 Å². The van der Waals surface area contributed by atoms with Crippen molar-refractivity contribution in [1.29, 1.82) is 0 Å². The molecule has 1 fully saturated rings. The van der Waals surface area contributed by atoms with E-state index < -0.39 is 0 Å². The van der Waals surface area contributed by atoms with Crippen molar-refractivity contribution in [3.8, 4) is 0 Å². The molecule has 0 bridgehead atoms. The summed E-state index contributed by atoms with van der Waals surface area (Å²) in [5.41, 5.74) is 0. The van der Waals surface area contributed by atoms with Gasteiger partial charge in [-0.15, -0.1) is 0 Å². The van der Waals surface area contributed by atoms with Gasteiger partial charge in [0.1, 0.15) is 0 Å². The second-order valence-electron chi connectivity index (χ2n) is 3.16. The van der Waals surface area contributed by atoms with Crippen LogP contribution in [0, 0.1) is 5.92 Å². The molecule has 1 saturated carbocycles. The second kappa shape index (κ2) is 4.70. The van der Waals surface area contributed by atoms with E-state index in [0.29, 0.717) is 18.5 Å². The highest BCUT2D eigenvalue weighted by molar-refractivity contribution is 4.82. The van der Waals surface area contributed by atoms with Gasteiger partial charge < -0.3 is 15.5 Å². The summed E-state index contributed by atoms with van der Waals surface area (Å²) in [6.45, 7) is 1.12. The van der Waals surface area contributed by atoms with E-state index in [1.807, 2.05) is 0 Å². The molecule has 0 aromatic heterocycles. The zero-order valence-corrected chi connectivity index (χ0v) is 6.79. The van der Waals surface area contributed by atoms with Gasteiger partial charge in [-0.3, -0.25) is 0 Å². The minimum absolute atomic E-state index is 0.189. The van der Waals surface area contributed by atoms with Crippen molar-refractivity contribution in [1.82, 2.24) is 5.32 Å². The lowest BCUT2D eigenvalue weighted by molar-refractivity contribution is 0.199. The van der Waals surface area contributed by atoms with Crippen LogP contribution in [0.25, 0.3) is 0 Å². The Morgan fingerprint density at radius 2 is 2.09 bits per heavy atom. The van der Waals surface area contributed by atoms with Crippen molar-refractivity contribution < 1.29 is 10.2 Å². The van der Waals surface area contributed by atoms with Gasteiger partial charge in [0, 0.05) is 19.2 Å². The number of hydrogen-bond donors (Lipinski definition) is 3. The number of rotatable bonds is 4. The monoisotopic (exact) mass is 159 g/mol. The molecule has 3 N–H and O–H groups in total. The fraction of sp³-hybridized carbons (Fsp3) is 1.00. The quantitative estimate of drug-likeness (QED) is 0.529. The van der Waals surface area contributed by atoms with Crippen molar-refractivity contribution >= 4 is 0 Å². The summed E-state index contributed by atoms with van der Waals surface area (Å²) in [5.74, 6) is 0.418. The molecule has 0 unspecified atom stereocenters. The third kappa shape index (κ3) is 2.43. The normalized spacial score (nSPS) is 31.1. The molecule has 0 saturated heterocycles. The molecule has 1 aliphatic carbocycles. The fourth-order valence-electron chi connectivity index (χ4n) is 1.77. The molecule has 3 nitrogen and oxygen atoms in total. The Balaban J connectivity index is 2.20. The molecule has 0 radical (unpaired) electrons. The molecule has 0 aromatic carbocycles. The predicted octanol–water partition coefficient (Wildman–Crippen LogP) is -0.271. The molecule has 0 aromatic rings. The first-order chi connectivity index (χ1) is 5.38. The fourth-order valence-corrected chi connectivity index (χ4v) is 1.77. The number of nitrogens with one attached hydrogen (secondary N) is 1. The highest BCUT2D eigenvalue weighted by atomic mass is 16.3. The van der Waals surface area contributed by atoms with Crippen LogP contribution in [0.2, 0.25) is 0 Å². The van der Waals surface area contributed by atoms with Crippen LogP contribution in [0.3, 0.4) is 0 Å². The van der Waals surface area contributed by atoms with Crippen molar-refractivity contribution in [2.45, 2.75) is 25.3 Å². The van der Waals surface area contributed by atoms with Crippen LogP contribution in [0.5, 0.6) is 0 Å². The average Bonchev–Trinajstić information content (AvgIpc) is 2.47. The van der Waals surface area contributed by atoms with Crippen LogP contribution in [0.15, 0.2) is 0 Å². The Morgan fingerprint density at radius 3 is 2.73 bits per heavy atom. The first kappa shape index (κ1) is 8.97. The van der Waals surface area contributed by atoms with Crippen LogP contribution < -0.4 is 5.32 Å². The molecule has 1 rings (SSSR count). The van der Waals surface area contributed by atoms with E-state index in [2.05, 4.69) is 5.32 Å². The number of aliphatic hydroxyl groups excluding tert-OH is 2. The second-order valence-corrected chi connectivity index (χ2v) is 3.16. The van der Waals surface area contributed by atoms with Gasteiger partial charge in [0.25, 0.3) is 0 Å². The Hall–Kier alpha value is -0.120. The van der Waals surface area contributed by atoms with Gasteiger partial charge in [-0.05, 0) is 18.8 Å². The van der Waals surface area contributed by atoms with Crippen LogP contribution in [-0.4, -0.2) is 36.0 Å². The van der Waals surface area contributed by atoms with E-state index in [1.165, 1.54) is 6.42 Å². The van der Waals surface area contributed by atoms with Gasteiger partial charge in [0.15, 0.2) is 0 Å². The van der Waals surface area contributed by atoms with Crippen LogP contribution >= 0.6 is 0 Å². The van der Waals surface area contributed by atoms with E-state index in [0.717, 1.165) is 12.8 Å². The van der Waals surface area contributed by atoms with E-state index in [-0.39, 0.29) is 13.2 Å². The van der Waals surface area contributed by atoms with Gasteiger partial charge in [0.05, 0.1) is 6.61 Å². The van der Waals surface area contributed by atoms with Crippen molar-refractivity contribution in [2.75, 3.05) is 19.8 Å². The van der Waals surface area contributed by atoms with Crippen molar-refractivity contribution in [2.24, 2.45) is 5.92 Å². The molecule has 3 heteroatoms. The van der Waals surface area contributed by atoms with Crippen molar-refractivity contribution in [3.05, 3.63) is 0 Å². The van der Waals surface area contributed by atoms with Gasteiger partial charge in [0.2, 0.25) is 0 Å². The maximum atomic E-state index is 8.93. The Labute approximate surface area is 67.4 Å². The summed E-state index contributed by atoms with van der Waals surface area (Å²) >= 11 is 0. The minimum atomic E-state index is 0.189. The van der Waals surface area contributed by atoms with Crippen LogP contribution in [0.1, 0.15) is 19.3 Å². The van der Waals surface area contributed by atoms with E-state index in [4.69, 9.17) is 10.2 Å². The highest BCUT2D eigenvalue weighted by Crippen LogP contribution is 2.24. The van der Waals surface area contributed by atoms with Crippen LogP contribution in [-0.2, 0) is 0 Å². The Kier molecular flexibility index (Phi) is 3.83. The molecule has 66 valence electrons. The maximum absolute atomic E-state index is 8.93. The number of hydrogen-bond acceptors (Lipinski definition) is 3. The number of aliphatic hydroxyl groups is 2. The standard InChI is InChI=1S/C8H17NO2/c10-5-4-9-8-3-1-2-7(8)6-11/h7-11H,1-6H2/t7-,8-/m1/s1. The first-order valence-electron chi connectivity index (χ1n) is 4.33. The van der Waals surface area contributed by atoms with Gasteiger partial charge in [-0.25, -0.2) is 0 Å².